The summed E-state index contributed by atoms with van der Waals surface area (Å²) >= 11 is 5.52. The SMILES string of the molecule is CC1SCC(c2nsc(NC(C)(C)C)n2)SC1C. The quantitative estimate of drug-likeness (QED) is 0.892. The van der Waals surface area contributed by atoms with Crippen LogP contribution in [0, 0.1) is 0 Å². The molecule has 1 aliphatic rings. The highest BCUT2D eigenvalue weighted by Crippen LogP contribution is 2.43. The fourth-order valence-electron chi connectivity index (χ4n) is 1.66. The summed E-state index contributed by atoms with van der Waals surface area (Å²) in [4.78, 5) is 4.64. The van der Waals surface area contributed by atoms with Crippen molar-refractivity contribution in [1.82, 2.24) is 9.36 Å². The number of hydrogen-bond donors (Lipinski definition) is 1. The molecule has 2 heterocycles. The van der Waals surface area contributed by atoms with E-state index in [0.717, 1.165) is 22.0 Å². The van der Waals surface area contributed by atoms with Crippen molar-refractivity contribution in [3.05, 3.63) is 5.82 Å². The molecule has 18 heavy (non-hydrogen) atoms. The maximum absolute atomic E-state index is 4.64. The van der Waals surface area contributed by atoms with Crippen molar-refractivity contribution < 1.29 is 0 Å². The maximum atomic E-state index is 4.64. The van der Waals surface area contributed by atoms with Crippen molar-refractivity contribution in [3.63, 3.8) is 0 Å². The summed E-state index contributed by atoms with van der Waals surface area (Å²) in [7, 11) is 0. The largest absolute Gasteiger partial charge is 0.356 e. The molecule has 0 saturated carbocycles. The van der Waals surface area contributed by atoms with Gasteiger partial charge < -0.3 is 5.32 Å². The minimum absolute atomic E-state index is 0.0487. The van der Waals surface area contributed by atoms with Crippen LogP contribution in [-0.2, 0) is 0 Å². The van der Waals surface area contributed by atoms with Gasteiger partial charge in [0, 0.05) is 33.3 Å². The third kappa shape index (κ3) is 3.78. The van der Waals surface area contributed by atoms with Gasteiger partial charge in [-0.15, -0.1) is 11.8 Å². The Balaban J connectivity index is 2.02. The number of rotatable bonds is 2. The van der Waals surface area contributed by atoms with Gasteiger partial charge in [0.1, 0.15) is 0 Å². The van der Waals surface area contributed by atoms with Gasteiger partial charge in [-0.2, -0.15) is 16.1 Å². The second-order valence-electron chi connectivity index (χ2n) is 5.70. The molecule has 1 N–H and O–H groups in total. The summed E-state index contributed by atoms with van der Waals surface area (Å²) in [5, 5.41) is 6.19. The summed E-state index contributed by atoms with van der Waals surface area (Å²) in [6.07, 6.45) is 0. The molecule has 0 aliphatic carbocycles. The number of nitrogens with one attached hydrogen (secondary N) is 1. The first kappa shape index (κ1) is 14.5. The zero-order valence-electron chi connectivity index (χ0n) is 11.6. The summed E-state index contributed by atoms with van der Waals surface area (Å²) in [6, 6.07) is 0. The van der Waals surface area contributed by atoms with E-state index in [1.54, 1.807) is 0 Å². The van der Waals surface area contributed by atoms with Crippen LogP contribution in [0.1, 0.15) is 45.7 Å². The van der Waals surface area contributed by atoms with Gasteiger partial charge in [-0.05, 0) is 20.8 Å². The van der Waals surface area contributed by atoms with E-state index < -0.39 is 0 Å². The van der Waals surface area contributed by atoms with E-state index in [2.05, 4.69) is 49.3 Å². The normalized spacial score (nSPS) is 29.3. The fraction of sp³-hybridized carbons (Fsp3) is 0.833. The predicted octanol–water partition coefficient (Wildman–Crippen LogP) is 4.05. The topological polar surface area (TPSA) is 37.8 Å². The highest BCUT2D eigenvalue weighted by molar-refractivity contribution is 8.07. The molecule has 1 saturated heterocycles. The van der Waals surface area contributed by atoms with E-state index in [9.17, 15) is 0 Å². The molecule has 0 spiro atoms. The van der Waals surface area contributed by atoms with Crippen LogP contribution in [0.3, 0.4) is 0 Å². The number of anilines is 1. The Hall–Kier alpha value is 0.0600. The van der Waals surface area contributed by atoms with E-state index in [0.29, 0.717) is 10.5 Å². The van der Waals surface area contributed by atoms with Gasteiger partial charge in [-0.25, -0.2) is 4.98 Å². The van der Waals surface area contributed by atoms with Crippen LogP contribution >= 0.6 is 35.1 Å². The van der Waals surface area contributed by atoms with Crippen LogP contribution in [0.15, 0.2) is 0 Å². The fourth-order valence-corrected chi connectivity index (χ4v) is 5.40. The van der Waals surface area contributed by atoms with Crippen molar-refractivity contribution in [2.24, 2.45) is 0 Å². The van der Waals surface area contributed by atoms with E-state index in [1.165, 1.54) is 11.5 Å². The van der Waals surface area contributed by atoms with Crippen molar-refractivity contribution in [3.8, 4) is 0 Å². The summed E-state index contributed by atoms with van der Waals surface area (Å²) in [5.74, 6) is 2.13. The van der Waals surface area contributed by atoms with Crippen molar-refractivity contribution >= 4 is 40.2 Å². The molecule has 3 unspecified atom stereocenters. The van der Waals surface area contributed by atoms with E-state index in [1.807, 2.05) is 23.5 Å². The average molecular weight is 304 g/mol. The van der Waals surface area contributed by atoms with Crippen molar-refractivity contribution in [2.45, 2.75) is 55.9 Å². The van der Waals surface area contributed by atoms with Crippen LogP contribution < -0.4 is 5.32 Å². The highest BCUT2D eigenvalue weighted by Gasteiger charge is 2.29. The highest BCUT2D eigenvalue weighted by atomic mass is 32.2. The Morgan fingerprint density at radius 2 is 1.94 bits per heavy atom. The molecule has 1 aromatic heterocycles. The molecule has 1 fully saturated rings. The van der Waals surface area contributed by atoms with Gasteiger partial charge in [-0.3, -0.25) is 0 Å². The lowest BCUT2D eigenvalue weighted by Crippen LogP contribution is -2.26. The molecule has 0 radical (unpaired) electrons. The lowest BCUT2D eigenvalue weighted by Gasteiger charge is -2.29. The monoisotopic (exact) mass is 303 g/mol. The smallest absolute Gasteiger partial charge is 0.203 e. The second kappa shape index (κ2) is 5.59. The Bertz CT molecular complexity index is 400. The van der Waals surface area contributed by atoms with Gasteiger partial charge in [0.25, 0.3) is 0 Å². The Morgan fingerprint density at radius 3 is 2.56 bits per heavy atom. The van der Waals surface area contributed by atoms with Gasteiger partial charge in [0.2, 0.25) is 5.13 Å². The molecular weight excluding hydrogens is 282 g/mol. The predicted molar refractivity (Wildman–Crippen MR) is 85.0 cm³/mol. The van der Waals surface area contributed by atoms with Crippen LogP contribution in [0.25, 0.3) is 0 Å². The molecule has 2 rings (SSSR count). The third-order valence-electron chi connectivity index (χ3n) is 2.76. The molecule has 1 aromatic rings. The Kier molecular flexibility index (Phi) is 4.49. The van der Waals surface area contributed by atoms with Crippen molar-refractivity contribution in [1.29, 1.82) is 0 Å². The van der Waals surface area contributed by atoms with Crippen molar-refractivity contribution in [2.75, 3.05) is 11.1 Å². The number of thioether (sulfide) groups is 2. The third-order valence-corrected chi connectivity index (χ3v) is 6.79. The number of aromatic nitrogens is 2. The minimum atomic E-state index is 0.0487. The zero-order valence-corrected chi connectivity index (χ0v) is 14.0. The lowest BCUT2D eigenvalue weighted by molar-refractivity contribution is 0.632. The van der Waals surface area contributed by atoms with Crippen LogP contribution in [-0.4, -0.2) is 31.1 Å². The zero-order chi connectivity index (χ0) is 13.3. The molecular formula is C12H21N3S3. The standard InChI is InChI=1S/C12H21N3S3/c1-7-8(2)17-9(6-16-7)10-13-11(18-15-10)14-12(3,4)5/h7-9H,6H2,1-5H3,(H,13,14,15). The lowest BCUT2D eigenvalue weighted by atomic mass is 10.1. The molecule has 102 valence electrons. The van der Waals surface area contributed by atoms with E-state index >= 15 is 0 Å². The van der Waals surface area contributed by atoms with Gasteiger partial charge in [0.05, 0.1) is 5.25 Å². The molecule has 1 aliphatic heterocycles. The first-order valence-electron chi connectivity index (χ1n) is 6.24. The molecule has 0 bridgehead atoms. The maximum Gasteiger partial charge on any atom is 0.203 e. The molecule has 3 nitrogen and oxygen atoms in total. The average Bonchev–Trinajstić information content (AvgIpc) is 2.68. The molecule has 0 aromatic carbocycles. The summed E-state index contributed by atoms with van der Waals surface area (Å²) < 4.78 is 4.52. The molecule has 6 heteroatoms. The number of nitrogens with zero attached hydrogens (tertiary/aromatic N) is 2. The van der Waals surface area contributed by atoms with Gasteiger partial charge in [-0.1, -0.05) is 13.8 Å². The van der Waals surface area contributed by atoms with Crippen LogP contribution in [0.4, 0.5) is 5.13 Å². The first-order chi connectivity index (χ1) is 8.35. The number of hydrogen-bond acceptors (Lipinski definition) is 6. The van der Waals surface area contributed by atoms with Gasteiger partial charge >= 0.3 is 0 Å². The first-order valence-corrected chi connectivity index (χ1v) is 9.00. The minimum Gasteiger partial charge on any atom is -0.356 e. The summed E-state index contributed by atoms with van der Waals surface area (Å²) in [6.45, 7) is 11.0. The summed E-state index contributed by atoms with van der Waals surface area (Å²) in [5.41, 5.74) is 0.0487. The van der Waals surface area contributed by atoms with E-state index in [-0.39, 0.29) is 5.54 Å². The Labute approximate surface area is 122 Å². The molecule has 3 atom stereocenters. The van der Waals surface area contributed by atoms with Gasteiger partial charge in [0.15, 0.2) is 5.82 Å². The van der Waals surface area contributed by atoms with Crippen LogP contribution in [0.2, 0.25) is 0 Å². The van der Waals surface area contributed by atoms with E-state index in [4.69, 9.17) is 0 Å². The second-order valence-corrected chi connectivity index (χ2v) is 9.45. The molecule has 0 amide bonds. The van der Waals surface area contributed by atoms with Crippen LogP contribution in [0.5, 0.6) is 0 Å². The Morgan fingerprint density at radius 1 is 1.22 bits per heavy atom.